The summed E-state index contributed by atoms with van der Waals surface area (Å²) in [5.41, 5.74) is 1.22. The smallest absolute Gasteiger partial charge is 0.338 e. The molecule has 0 aliphatic carbocycles. The first-order valence-electron chi connectivity index (χ1n) is 6.24. The first-order chi connectivity index (χ1) is 10.1. The maximum Gasteiger partial charge on any atom is 0.338 e. The van der Waals surface area contributed by atoms with E-state index in [2.05, 4.69) is 0 Å². The average molecular weight is 302 g/mol. The number of aromatic carboxylic acids is 1. The Kier molecular flexibility index (Phi) is 5.00. The van der Waals surface area contributed by atoms with Crippen LogP contribution in [0.2, 0.25) is 0 Å². The summed E-state index contributed by atoms with van der Waals surface area (Å²) in [5, 5.41) is 9.15. The quantitative estimate of drug-likeness (QED) is 0.677. The van der Waals surface area contributed by atoms with Crippen molar-refractivity contribution in [3.8, 4) is 0 Å². The van der Waals surface area contributed by atoms with Gasteiger partial charge in [0.1, 0.15) is 6.61 Å². The predicted molar refractivity (Wildman–Crippen MR) is 80.7 cm³/mol. The van der Waals surface area contributed by atoms with E-state index in [-0.39, 0.29) is 17.7 Å². The lowest BCUT2D eigenvalue weighted by Crippen LogP contribution is -2.08. The number of rotatable bonds is 5. The van der Waals surface area contributed by atoms with Crippen LogP contribution >= 0.6 is 11.8 Å². The Hall–Kier alpha value is -2.27. The van der Waals surface area contributed by atoms with Crippen LogP contribution in [0.4, 0.5) is 0 Å². The van der Waals surface area contributed by atoms with Crippen LogP contribution in [0.25, 0.3) is 0 Å². The number of thioether (sulfide) groups is 1. The molecule has 0 atom stereocenters. The number of hydrogen-bond donors (Lipinski definition) is 1. The van der Waals surface area contributed by atoms with Crippen molar-refractivity contribution in [3.63, 3.8) is 0 Å². The normalized spacial score (nSPS) is 10.1. The standard InChI is InChI=1S/C16H14O4S/c1-21-14-8-7-12(9-13(14)15(17)18)16(19)20-10-11-5-3-2-4-6-11/h2-9H,10H2,1H3,(H,17,18). The van der Waals surface area contributed by atoms with E-state index in [9.17, 15) is 9.59 Å². The molecular weight excluding hydrogens is 288 g/mol. The summed E-state index contributed by atoms with van der Waals surface area (Å²) < 4.78 is 5.18. The van der Waals surface area contributed by atoms with Gasteiger partial charge in [0.2, 0.25) is 0 Å². The van der Waals surface area contributed by atoms with Crippen LogP contribution in [0.15, 0.2) is 53.4 Å². The van der Waals surface area contributed by atoms with Gasteiger partial charge in [0, 0.05) is 4.90 Å². The van der Waals surface area contributed by atoms with Crippen LogP contribution in [-0.4, -0.2) is 23.3 Å². The van der Waals surface area contributed by atoms with Crippen LogP contribution < -0.4 is 0 Å². The van der Waals surface area contributed by atoms with Gasteiger partial charge in [0.25, 0.3) is 0 Å². The first kappa shape index (κ1) is 15.1. The largest absolute Gasteiger partial charge is 0.478 e. The predicted octanol–water partition coefficient (Wildman–Crippen LogP) is 3.46. The highest BCUT2D eigenvalue weighted by Gasteiger charge is 2.15. The zero-order valence-electron chi connectivity index (χ0n) is 11.4. The number of carbonyl (C=O) groups is 2. The van der Waals surface area contributed by atoms with Crippen LogP contribution in [0, 0.1) is 0 Å². The monoisotopic (exact) mass is 302 g/mol. The van der Waals surface area contributed by atoms with Gasteiger partial charge in [-0.2, -0.15) is 0 Å². The van der Waals surface area contributed by atoms with Gasteiger partial charge in [0.15, 0.2) is 0 Å². The number of carboxylic acid groups (broad SMARTS) is 1. The summed E-state index contributed by atoms with van der Waals surface area (Å²) >= 11 is 1.32. The zero-order chi connectivity index (χ0) is 15.2. The van der Waals surface area contributed by atoms with Gasteiger partial charge in [-0.3, -0.25) is 0 Å². The Morgan fingerprint density at radius 2 is 1.86 bits per heavy atom. The molecule has 0 aliphatic heterocycles. The van der Waals surface area contributed by atoms with E-state index < -0.39 is 11.9 Å². The Labute approximate surface area is 126 Å². The highest BCUT2D eigenvalue weighted by molar-refractivity contribution is 7.98. The van der Waals surface area contributed by atoms with E-state index >= 15 is 0 Å². The van der Waals surface area contributed by atoms with Crippen LogP contribution in [0.3, 0.4) is 0 Å². The molecule has 2 aromatic carbocycles. The molecule has 21 heavy (non-hydrogen) atoms. The molecule has 5 heteroatoms. The van der Waals surface area contributed by atoms with Crippen molar-refractivity contribution in [1.82, 2.24) is 0 Å². The van der Waals surface area contributed by atoms with E-state index in [4.69, 9.17) is 9.84 Å². The number of ether oxygens (including phenoxy) is 1. The van der Waals surface area contributed by atoms with Gasteiger partial charge < -0.3 is 9.84 Å². The highest BCUT2D eigenvalue weighted by atomic mass is 32.2. The lowest BCUT2D eigenvalue weighted by Gasteiger charge is -2.07. The molecule has 108 valence electrons. The van der Waals surface area contributed by atoms with Crippen molar-refractivity contribution in [3.05, 3.63) is 65.2 Å². The average Bonchev–Trinajstić information content (AvgIpc) is 2.52. The van der Waals surface area contributed by atoms with Crippen LogP contribution in [0.5, 0.6) is 0 Å². The van der Waals surface area contributed by atoms with E-state index in [1.54, 1.807) is 18.4 Å². The highest BCUT2D eigenvalue weighted by Crippen LogP contribution is 2.22. The summed E-state index contributed by atoms with van der Waals surface area (Å²) in [6, 6.07) is 13.9. The Morgan fingerprint density at radius 3 is 2.48 bits per heavy atom. The molecule has 2 rings (SSSR count). The Balaban J connectivity index is 2.12. The molecule has 0 bridgehead atoms. The van der Waals surface area contributed by atoms with Gasteiger partial charge in [-0.1, -0.05) is 30.3 Å². The topological polar surface area (TPSA) is 63.6 Å². The van der Waals surface area contributed by atoms with Crippen LogP contribution in [-0.2, 0) is 11.3 Å². The molecule has 0 saturated heterocycles. The van der Waals surface area contributed by atoms with Crippen LogP contribution in [0.1, 0.15) is 26.3 Å². The maximum absolute atomic E-state index is 12.0. The third-order valence-corrected chi connectivity index (χ3v) is 3.67. The minimum absolute atomic E-state index is 0.108. The molecule has 0 amide bonds. The number of esters is 1. The molecule has 0 unspecified atom stereocenters. The third kappa shape index (κ3) is 3.86. The van der Waals surface area contributed by atoms with Crippen molar-refractivity contribution >= 4 is 23.7 Å². The minimum atomic E-state index is -1.06. The second-order valence-electron chi connectivity index (χ2n) is 4.28. The van der Waals surface area contributed by atoms with Crippen molar-refractivity contribution < 1.29 is 19.4 Å². The van der Waals surface area contributed by atoms with E-state index in [1.807, 2.05) is 30.3 Å². The second-order valence-corrected chi connectivity index (χ2v) is 5.13. The zero-order valence-corrected chi connectivity index (χ0v) is 12.2. The van der Waals surface area contributed by atoms with Gasteiger partial charge in [-0.05, 0) is 30.0 Å². The molecular formula is C16H14O4S. The fourth-order valence-corrected chi connectivity index (χ4v) is 2.38. The van der Waals surface area contributed by atoms with Crippen molar-refractivity contribution in [2.75, 3.05) is 6.26 Å². The van der Waals surface area contributed by atoms with Crippen molar-refractivity contribution in [1.29, 1.82) is 0 Å². The summed E-state index contributed by atoms with van der Waals surface area (Å²) in [4.78, 5) is 23.8. The number of carbonyl (C=O) groups excluding carboxylic acids is 1. The fraction of sp³-hybridized carbons (Fsp3) is 0.125. The third-order valence-electron chi connectivity index (χ3n) is 2.88. The number of hydrogen-bond acceptors (Lipinski definition) is 4. The first-order valence-corrected chi connectivity index (χ1v) is 7.46. The van der Waals surface area contributed by atoms with Crippen molar-refractivity contribution in [2.45, 2.75) is 11.5 Å². The molecule has 0 radical (unpaired) electrons. The molecule has 1 N–H and O–H groups in total. The SMILES string of the molecule is CSc1ccc(C(=O)OCc2ccccc2)cc1C(=O)O. The Morgan fingerprint density at radius 1 is 1.14 bits per heavy atom. The van der Waals surface area contributed by atoms with Gasteiger partial charge in [0.05, 0.1) is 11.1 Å². The van der Waals surface area contributed by atoms with E-state index in [1.165, 1.54) is 17.8 Å². The molecule has 0 spiro atoms. The fourth-order valence-electron chi connectivity index (χ4n) is 1.81. The lowest BCUT2D eigenvalue weighted by atomic mass is 10.1. The summed E-state index contributed by atoms with van der Waals surface area (Å²) in [7, 11) is 0. The second kappa shape index (κ2) is 6.95. The van der Waals surface area contributed by atoms with Gasteiger partial charge in [-0.25, -0.2) is 9.59 Å². The maximum atomic E-state index is 12.0. The summed E-state index contributed by atoms with van der Waals surface area (Å²) in [6.45, 7) is 0.159. The molecule has 0 saturated carbocycles. The Bertz CT molecular complexity index is 653. The molecule has 4 nitrogen and oxygen atoms in total. The molecule has 0 heterocycles. The van der Waals surface area contributed by atoms with E-state index in [0.29, 0.717) is 4.90 Å². The summed E-state index contributed by atoms with van der Waals surface area (Å²) in [5.74, 6) is -1.59. The molecule has 0 fully saturated rings. The van der Waals surface area contributed by atoms with Gasteiger partial charge >= 0.3 is 11.9 Å². The number of carboxylic acids is 1. The van der Waals surface area contributed by atoms with Crippen molar-refractivity contribution in [2.24, 2.45) is 0 Å². The molecule has 0 aromatic heterocycles. The van der Waals surface area contributed by atoms with E-state index in [0.717, 1.165) is 5.56 Å². The molecule has 2 aromatic rings. The van der Waals surface area contributed by atoms with Gasteiger partial charge in [-0.15, -0.1) is 11.8 Å². The lowest BCUT2D eigenvalue weighted by molar-refractivity contribution is 0.0472. The summed E-state index contributed by atoms with van der Waals surface area (Å²) in [6.07, 6.45) is 1.79. The molecule has 0 aliphatic rings. The number of benzene rings is 2. The minimum Gasteiger partial charge on any atom is -0.478 e.